The fraction of sp³-hybridized carbons (Fsp3) is 0.250. The number of aromatic nitrogens is 3. The zero-order valence-electron chi connectivity index (χ0n) is 10.9. The molecule has 0 spiro atoms. The molecule has 21 heavy (non-hydrogen) atoms. The maximum atomic E-state index is 12.4. The molecule has 0 unspecified atom stereocenters. The molecule has 2 rings (SSSR count). The second-order valence-electron chi connectivity index (χ2n) is 4.03. The number of nitrogens with zero attached hydrogens (tertiary/aromatic N) is 3. The van der Waals surface area contributed by atoms with Crippen LogP contribution >= 0.6 is 11.8 Å². The van der Waals surface area contributed by atoms with E-state index in [0.717, 1.165) is 0 Å². The van der Waals surface area contributed by atoms with E-state index in [4.69, 9.17) is 5.73 Å². The fourth-order valence-corrected chi connectivity index (χ4v) is 2.21. The van der Waals surface area contributed by atoms with E-state index in [1.54, 1.807) is 24.4 Å². The second kappa shape index (κ2) is 7.14. The highest BCUT2D eigenvalue weighted by molar-refractivity contribution is 7.99. The minimum Gasteiger partial charge on any atom is -0.325 e. The molecule has 1 heterocycles. The van der Waals surface area contributed by atoms with Gasteiger partial charge in [-0.05, 0) is 12.1 Å². The third kappa shape index (κ3) is 4.50. The van der Waals surface area contributed by atoms with Gasteiger partial charge in [0.25, 0.3) is 5.76 Å². The summed E-state index contributed by atoms with van der Waals surface area (Å²) in [5, 5.41) is 10.1. The number of amides is 1. The van der Waals surface area contributed by atoms with Crippen molar-refractivity contribution in [2.45, 2.75) is 23.7 Å². The largest absolute Gasteiger partial charge is 0.325 e. The highest BCUT2D eigenvalue weighted by atomic mass is 32.2. The van der Waals surface area contributed by atoms with Crippen molar-refractivity contribution in [3.63, 3.8) is 0 Å². The highest BCUT2D eigenvalue weighted by Crippen LogP contribution is 2.31. The van der Waals surface area contributed by atoms with E-state index < -0.39 is 5.76 Å². The molecule has 6 nitrogen and oxygen atoms in total. The number of anilines is 1. The molecule has 0 aliphatic heterocycles. The van der Waals surface area contributed by atoms with Gasteiger partial charge in [-0.15, -0.1) is 5.10 Å². The molecule has 112 valence electrons. The lowest BCUT2D eigenvalue weighted by molar-refractivity contribution is -0.116. The number of carbonyl (C=O) groups is 1. The van der Waals surface area contributed by atoms with Crippen LogP contribution in [0.25, 0.3) is 0 Å². The summed E-state index contributed by atoms with van der Waals surface area (Å²) < 4.78 is 26.2. The van der Waals surface area contributed by atoms with Gasteiger partial charge in [0.1, 0.15) is 6.54 Å². The maximum Gasteiger partial charge on any atom is 0.288 e. The van der Waals surface area contributed by atoms with Crippen molar-refractivity contribution >= 4 is 23.4 Å². The van der Waals surface area contributed by atoms with Gasteiger partial charge in [-0.25, -0.2) is 4.68 Å². The van der Waals surface area contributed by atoms with Crippen LogP contribution in [0, 0.1) is 0 Å². The van der Waals surface area contributed by atoms with E-state index in [9.17, 15) is 13.6 Å². The van der Waals surface area contributed by atoms with E-state index in [1.165, 1.54) is 10.7 Å². The molecule has 3 N–H and O–H groups in total. The molecule has 0 saturated carbocycles. The Kier molecular flexibility index (Phi) is 5.23. The Morgan fingerprint density at radius 1 is 1.43 bits per heavy atom. The third-order valence-corrected chi connectivity index (χ3v) is 3.27. The number of nitrogens with two attached hydrogens (primary N) is 1. The van der Waals surface area contributed by atoms with Gasteiger partial charge in [-0.1, -0.05) is 29.1 Å². The first-order chi connectivity index (χ1) is 10.1. The van der Waals surface area contributed by atoms with Gasteiger partial charge < -0.3 is 11.1 Å². The molecule has 0 bridgehead atoms. The Hall–Kier alpha value is -2.00. The summed E-state index contributed by atoms with van der Waals surface area (Å²) in [6.45, 7) is 0.163. The number of thioether (sulfide) groups is 1. The summed E-state index contributed by atoms with van der Waals surface area (Å²) in [5.74, 6) is -2.93. The number of hydrogen-bond donors (Lipinski definition) is 2. The minimum atomic E-state index is -2.55. The molecule has 0 aliphatic rings. The normalized spacial score (nSPS) is 10.9. The van der Waals surface area contributed by atoms with Gasteiger partial charge in [0, 0.05) is 11.4 Å². The molecule has 0 fully saturated rings. The molecule has 1 amide bonds. The van der Waals surface area contributed by atoms with Gasteiger partial charge in [0.05, 0.1) is 17.6 Å². The Balaban J connectivity index is 2.02. The number of nitrogens with one attached hydrogen (secondary N) is 1. The average Bonchev–Trinajstić information content (AvgIpc) is 2.88. The van der Waals surface area contributed by atoms with E-state index >= 15 is 0 Å². The van der Waals surface area contributed by atoms with Crippen molar-refractivity contribution in [3.8, 4) is 0 Å². The van der Waals surface area contributed by atoms with E-state index in [2.05, 4.69) is 15.6 Å². The van der Waals surface area contributed by atoms with Gasteiger partial charge in [-0.2, -0.15) is 8.78 Å². The summed E-state index contributed by atoms with van der Waals surface area (Å²) in [4.78, 5) is 12.2. The predicted octanol–water partition coefficient (Wildman–Crippen LogP) is 1.69. The first-order valence-electron chi connectivity index (χ1n) is 6.01. The molecule has 1 aromatic heterocycles. The van der Waals surface area contributed by atoms with Crippen LogP contribution in [-0.4, -0.2) is 26.7 Å². The van der Waals surface area contributed by atoms with Crippen LogP contribution in [0.5, 0.6) is 0 Å². The van der Waals surface area contributed by atoms with Crippen LogP contribution in [0.3, 0.4) is 0 Å². The monoisotopic (exact) mass is 313 g/mol. The standard InChI is InChI=1S/C12H13F2N5OS/c13-12(14)21-10-4-2-1-3-9(10)16-11(20)7-19-6-8(5-15)17-18-19/h1-4,6,12H,5,7,15H2,(H,16,20). The molecule has 0 aliphatic carbocycles. The number of para-hydroxylation sites is 1. The first kappa shape index (κ1) is 15.4. The lowest BCUT2D eigenvalue weighted by Crippen LogP contribution is -2.19. The number of halogens is 2. The molecule has 1 aromatic carbocycles. The van der Waals surface area contributed by atoms with Gasteiger partial charge >= 0.3 is 0 Å². The van der Waals surface area contributed by atoms with Gasteiger partial charge in [0.2, 0.25) is 5.91 Å². The van der Waals surface area contributed by atoms with Crippen LogP contribution in [0.2, 0.25) is 0 Å². The van der Waals surface area contributed by atoms with E-state index in [-0.39, 0.29) is 19.0 Å². The number of alkyl halides is 2. The first-order valence-corrected chi connectivity index (χ1v) is 6.89. The van der Waals surface area contributed by atoms with E-state index in [1.807, 2.05) is 0 Å². The van der Waals surface area contributed by atoms with Crippen molar-refractivity contribution in [3.05, 3.63) is 36.2 Å². The maximum absolute atomic E-state index is 12.4. The lowest BCUT2D eigenvalue weighted by atomic mass is 10.3. The molecular formula is C12H13F2N5OS. The van der Waals surface area contributed by atoms with Crippen LogP contribution in [-0.2, 0) is 17.9 Å². The predicted molar refractivity (Wildman–Crippen MR) is 74.8 cm³/mol. The SMILES string of the molecule is NCc1cn(CC(=O)Nc2ccccc2SC(F)F)nn1. The zero-order chi connectivity index (χ0) is 15.2. The molecular weight excluding hydrogens is 300 g/mol. The number of carbonyl (C=O) groups excluding carboxylic acids is 1. The molecule has 9 heteroatoms. The van der Waals surface area contributed by atoms with Crippen molar-refractivity contribution in [2.24, 2.45) is 5.73 Å². The van der Waals surface area contributed by atoms with Crippen molar-refractivity contribution in [2.75, 3.05) is 5.32 Å². The number of benzene rings is 1. The Bertz CT molecular complexity index is 619. The summed E-state index contributed by atoms with van der Waals surface area (Å²) >= 11 is 0.382. The van der Waals surface area contributed by atoms with Crippen molar-refractivity contribution < 1.29 is 13.6 Å². The second-order valence-corrected chi connectivity index (χ2v) is 5.07. The molecule has 0 atom stereocenters. The Morgan fingerprint density at radius 2 is 2.19 bits per heavy atom. The Morgan fingerprint density at radius 3 is 2.86 bits per heavy atom. The topological polar surface area (TPSA) is 85.8 Å². The van der Waals surface area contributed by atoms with Crippen LogP contribution < -0.4 is 11.1 Å². The third-order valence-electron chi connectivity index (χ3n) is 2.48. The smallest absolute Gasteiger partial charge is 0.288 e. The van der Waals surface area contributed by atoms with Crippen LogP contribution in [0.4, 0.5) is 14.5 Å². The van der Waals surface area contributed by atoms with Crippen LogP contribution in [0.1, 0.15) is 5.69 Å². The lowest BCUT2D eigenvalue weighted by Gasteiger charge is -2.10. The summed E-state index contributed by atoms with van der Waals surface area (Å²) in [7, 11) is 0. The van der Waals surface area contributed by atoms with Crippen molar-refractivity contribution in [1.82, 2.24) is 15.0 Å². The molecule has 2 aromatic rings. The summed E-state index contributed by atoms with van der Waals surface area (Å²) in [5.41, 5.74) is 6.30. The van der Waals surface area contributed by atoms with Gasteiger partial charge in [-0.3, -0.25) is 4.79 Å². The number of rotatable bonds is 6. The van der Waals surface area contributed by atoms with Crippen LogP contribution in [0.15, 0.2) is 35.4 Å². The van der Waals surface area contributed by atoms with Gasteiger partial charge in [0.15, 0.2) is 0 Å². The molecule has 0 saturated heterocycles. The van der Waals surface area contributed by atoms with E-state index in [0.29, 0.717) is 28.0 Å². The highest BCUT2D eigenvalue weighted by Gasteiger charge is 2.12. The fourth-order valence-electron chi connectivity index (χ4n) is 1.61. The molecule has 0 radical (unpaired) electrons. The summed E-state index contributed by atoms with van der Waals surface area (Å²) in [6.07, 6.45) is 1.55. The average molecular weight is 313 g/mol. The summed E-state index contributed by atoms with van der Waals surface area (Å²) in [6, 6.07) is 6.38. The zero-order valence-corrected chi connectivity index (χ0v) is 11.7. The minimum absolute atomic E-state index is 0.0688. The number of hydrogen-bond acceptors (Lipinski definition) is 5. The van der Waals surface area contributed by atoms with Crippen molar-refractivity contribution in [1.29, 1.82) is 0 Å². The quantitative estimate of drug-likeness (QED) is 0.793. The Labute approximate surface area is 123 Å².